The Hall–Kier alpha value is -2.00. The van der Waals surface area contributed by atoms with Gasteiger partial charge in [0.15, 0.2) is 0 Å². The topological polar surface area (TPSA) is 38.3 Å². The van der Waals surface area contributed by atoms with Crippen molar-refractivity contribution in [3.05, 3.63) is 59.7 Å². The van der Waals surface area contributed by atoms with Gasteiger partial charge >= 0.3 is 0 Å². The van der Waals surface area contributed by atoms with Gasteiger partial charge in [0.25, 0.3) is 5.91 Å². The predicted octanol–water partition coefficient (Wildman–Crippen LogP) is 4.46. The monoisotopic (exact) mass is 303 g/mol. The number of halogens is 1. The van der Waals surface area contributed by atoms with Crippen LogP contribution in [0.15, 0.2) is 48.5 Å². The fourth-order valence-electron chi connectivity index (χ4n) is 1.92. The average Bonchev–Trinajstić information content (AvgIpc) is 2.47. The Morgan fingerprint density at radius 3 is 2.67 bits per heavy atom. The molecule has 1 N–H and O–H groups in total. The van der Waals surface area contributed by atoms with Gasteiger partial charge < -0.3 is 10.1 Å². The third-order valence-corrected chi connectivity index (χ3v) is 3.12. The second kappa shape index (κ2) is 7.14. The van der Waals surface area contributed by atoms with Crippen molar-refractivity contribution in [3.8, 4) is 5.75 Å². The first-order chi connectivity index (χ1) is 10.1. The Bertz CT molecular complexity index is 626. The molecule has 0 bridgehead atoms. The molecular formula is C17H18ClNO2. The molecule has 4 heteroatoms. The number of benzene rings is 2. The summed E-state index contributed by atoms with van der Waals surface area (Å²) in [4.78, 5) is 12.3. The minimum Gasteiger partial charge on any atom is -0.491 e. The molecule has 2 rings (SSSR count). The highest BCUT2D eigenvalue weighted by molar-refractivity contribution is 6.17. The lowest BCUT2D eigenvalue weighted by molar-refractivity contribution is 0.102. The lowest BCUT2D eigenvalue weighted by Gasteiger charge is -2.11. The van der Waals surface area contributed by atoms with Crippen LogP contribution >= 0.6 is 11.6 Å². The van der Waals surface area contributed by atoms with Crippen LogP contribution < -0.4 is 10.1 Å². The van der Waals surface area contributed by atoms with E-state index in [2.05, 4.69) is 5.32 Å². The number of anilines is 1. The third-order valence-electron chi connectivity index (χ3n) is 2.81. The van der Waals surface area contributed by atoms with E-state index in [0.29, 0.717) is 17.2 Å². The van der Waals surface area contributed by atoms with E-state index in [9.17, 15) is 4.79 Å². The number of nitrogens with one attached hydrogen (secondary N) is 1. The van der Waals surface area contributed by atoms with Crippen LogP contribution in [0.1, 0.15) is 29.8 Å². The molecule has 21 heavy (non-hydrogen) atoms. The lowest BCUT2D eigenvalue weighted by atomic mass is 10.1. The molecule has 0 aliphatic rings. The van der Waals surface area contributed by atoms with Crippen LogP contribution in [0.4, 0.5) is 5.69 Å². The van der Waals surface area contributed by atoms with Crippen LogP contribution in [0.2, 0.25) is 0 Å². The molecule has 1 amide bonds. The highest BCUT2D eigenvalue weighted by Gasteiger charge is 2.08. The number of amides is 1. The summed E-state index contributed by atoms with van der Waals surface area (Å²) in [7, 11) is 0. The smallest absolute Gasteiger partial charge is 0.255 e. The zero-order valence-electron chi connectivity index (χ0n) is 12.1. The summed E-state index contributed by atoms with van der Waals surface area (Å²) in [6.07, 6.45) is 0.0729. The number of hydrogen-bond donors (Lipinski definition) is 1. The Morgan fingerprint density at radius 2 is 1.95 bits per heavy atom. The van der Waals surface area contributed by atoms with Crippen molar-refractivity contribution < 1.29 is 9.53 Å². The van der Waals surface area contributed by atoms with Crippen molar-refractivity contribution >= 4 is 23.2 Å². The molecule has 0 saturated carbocycles. The zero-order valence-corrected chi connectivity index (χ0v) is 12.9. The largest absolute Gasteiger partial charge is 0.491 e. The van der Waals surface area contributed by atoms with E-state index in [0.717, 1.165) is 11.3 Å². The first-order valence-corrected chi connectivity index (χ1v) is 7.35. The number of ether oxygens (including phenoxy) is 1. The van der Waals surface area contributed by atoms with Crippen molar-refractivity contribution in [2.24, 2.45) is 0 Å². The molecule has 2 aromatic rings. The molecule has 0 aliphatic carbocycles. The molecule has 0 aliphatic heterocycles. The summed E-state index contributed by atoms with van der Waals surface area (Å²) in [5.41, 5.74) is 2.25. The maximum absolute atomic E-state index is 12.3. The molecule has 0 saturated heterocycles. The van der Waals surface area contributed by atoms with Crippen LogP contribution in [0.3, 0.4) is 0 Å². The van der Waals surface area contributed by atoms with Crippen LogP contribution in [0.25, 0.3) is 0 Å². The molecule has 0 heterocycles. The van der Waals surface area contributed by atoms with Crippen LogP contribution in [0.5, 0.6) is 5.75 Å². The summed E-state index contributed by atoms with van der Waals surface area (Å²) >= 11 is 5.79. The fraction of sp³-hybridized carbons (Fsp3) is 0.235. The quantitative estimate of drug-likeness (QED) is 0.828. The highest BCUT2D eigenvalue weighted by atomic mass is 35.5. The minimum atomic E-state index is -0.170. The van der Waals surface area contributed by atoms with Crippen molar-refractivity contribution in [2.75, 3.05) is 5.32 Å². The van der Waals surface area contributed by atoms with Gasteiger partial charge in [0, 0.05) is 17.1 Å². The Labute approximate surface area is 129 Å². The van der Waals surface area contributed by atoms with Gasteiger partial charge in [-0.25, -0.2) is 0 Å². The number of alkyl halides is 1. The highest BCUT2D eigenvalue weighted by Crippen LogP contribution is 2.17. The van der Waals surface area contributed by atoms with E-state index in [1.807, 2.05) is 50.2 Å². The summed E-state index contributed by atoms with van der Waals surface area (Å²) in [5.74, 6) is 0.935. The van der Waals surface area contributed by atoms with Gasteiger partial charge in [0.1, 0.15) is 5.75 Å². The van der Waals surface area contributed by atoms with E-state index >= 15 is 0 Å². The Balaban J connectivity index is 2.12. The molecular weight excluding hydrogens is 286 g/mol. The Kier molecular flexibility index (Phi) is 5.23. The van der Waals surface area contributed by atoms with Crippen LogP contribution in [-0.2, 0) is 5.88 Å². The van der Waals surface area contributed by atoms with Crippen molar-refractivity contribution in [1.29, 1.82) is 0 Å². The van der Waals surface area contributed by atoms with Gasteiger partial charge in [0.05, 0.1) is 6.10 Å². The van der Waals surface area contributed by atoms with E-state index in [-0.39, 0.29) is 12.0 Å². The van der Waals surface area contributed by atoms with E-state index in [1.165, 1.54) is 0 Å². The van der Waals surface area contributed by atoms with E-state index in [1.54, 1.807) is 12.1 Å². The van der Waals surface area contributed by atoms with Gasteiger partial charge in [-0.1, -0.05) is 18.2 Å². The molecule has 0 spiro atoms. The summed E-state index contributed by atoms with van der Waals surface area (Å²) in [5, 5.41) is 2.86. The number of carbonyl (C=O) groups excluding carboxylic acids is 1. The SMILES string of the molecule is CC(C)Oc1cccc(C(=O)Nc2cccc(CCl)c2)c1. The first kappa shape index (κ1) is 15.4. The third kappa shape index (κ3) is 4.50. The Morgan fingerprint density at radius 1 is 1.19 bits per heavy atom. The van der Waals surface area contributed by atoms with E-state index in [4.69, 9.17) is 16.3 Å². The summed E-state index contributed by atoms with van der Waals surface area (Å²) < 4.78 is 5.59. The average molecular weight is 304 g/mol. The maximum Gasteiger partial charge on any atom is 0.255 e. The summed E-state index contributed by atoms with van der Waals surface area (Å²) in [6, 6.07) is 14.6. The van der Waals surface area contributed by atoms with Gasteiger partial charge in [-0.05, 0) is 49.7 Å². The molecule has 0 atom stereocenters. The maximum atomic E-state index is 12.3. The molecule has 3 nitrogen and oxygen atoms in total. The van der Waals surface area contributed by atoms with Crippen molar-refractivity contribution in [1.82, 2.24) is 0 Å². The minimum absolute atomic E-state index is 0.0729. The van der Waals surface area contributed by atoms with E-state index < -0.39 is 0 Å². The molecule has 0 fully saturated rings. The fourth-order valence-corrected chi connectivity index (χ4v) is 2.08. The number of rotatable bonds is 5. The van der Waals surface area contributed by atoms with Gasteiger partial charge in [-0.15, -0.1) is 11.6 Å². The molecule has 0 radical (unpaired) electrons. The molecule has 0 aromatic heterocycles. The van der Waals surface area contributed by atoms with Gasteiger partial charge in [-0.3, -0.25) is 4.79 Å². The molecule has 110 valence electrons. The molecule has 2 aromatic carbocycles. The van der Waals surface area contributed by atoms with Crippen molar-refractivity contribution in [2.45, 2.75) is 25.8 Å². The number of hydrogen-bond acceptors (Lipinski definition) is 2. The molecule has 0 unspecified atom stereocenters. The van der Waals surface area contributed by atoms with Crippen molar-refractivity contribution in [3.63, 3.8) is 0 Å². The zero-order chi connectivity index (χ0) is 15.2. The first-order valence-electron chi connectivity index (χ1n) is 6.81. The van der Waals surface area contributed by atoms with Crippen LogP contribution in [-0.4, -0.2) is 12.0 Å². The second-order valence-corrected chi connectivity index (χ2v) is 5.25. The second-order valence-electron chi connectivity index (χ2n) is 4.98. The predicted molar refractivity (Wildman–Crippen MR) is 86.2 cm³/mol. The van der Waals surface area contributed by atoms with Crippen LogP contribution in [0, 0.1) is 0 Å². The van der Waals surface area contributed by atoms with Gasteiger partial charge in [0.2, 0.25) is 0 Å². The van der Waals surface area contributed by atoms with Gasteiger partial charge in [-0.2, -0.15) is 0 Å². The summed E-state index contributed by atoms with van der Waals surface area (Å²) in [6.45, 7) is 3.90. The standard InChI is InChI=1S/C17H18ClNO2/c1-12(2)21-16-8-4-6-14(10-16)17(20)19-15-7-3-5-13(9-15)11-18/h3-10,12H,11H2,1-2H3,(H,19,20). The lowest BCUT2D eigenvalue weighted by Crippen LogP contribution is -2.12. The number of carbonyl (C=O) groups is 1. The normalized spacial score (nSPS) is 10.5.